The van der Waals surface area contributed by atoms with Crippen molar-refractivity contribution in [2.75, 3.05) is 19.8 Å². The summed E-state index contributed by atoms with van der Waals surface area (Å²) in [7, 11) is 0. The minimum Gasteiger partial charge on any atom is -0.492 e. The molecule has 0 aliphatic carbocycles. The summed E-state index contributed by atoms with van der Waals surface area (Å²) in [4.78, 5) is 12.9. The third kappa shape index (κ3) is 10.2. The average molecular weight is 679 g/mol. The van der Waals surface area contributed by atoms with E-state index in [4.69, 9.17) is 25.4 Å². The van der Waals surface area contributed by atoms with Crippen molar-refractivity contribution in [2.24, 2.45) is 11.8 Å². The topological polar surface area (TPSA) is 216 Å². The number of terminal acetylenes is 1. The van der Waals surface area contributed by atoms with Crippen LogP contribution in [0.15, 0.2) is 29.4 Å². The van der Waals surface area contributed by atoms with Gasteiger partial charge in [0.15, 0.2) is 12.6 Å². The van der Waals surface area contributed by atoms with E-state index >= 15 is 0 Å². The fourth-order valence-corrected chi connectivity index (χ4v) is 5.66. The molecule has 0 aromatic heterocycles. The van der Waals surface area contributed by atoms with E-state index in [-0.39, 0.29) is 48.7 Å². The van der Waals surface area contributed by atoms with Crippen LogP contribution in [0.5, 0.6) is 11.5 Å². The summed E-state index contributed by atoms with van der Waals surface area (Å²) < 4.78 is 23.0. The van der Waals surface area contributed by atoms with Gasteiger partial charge in [-0.3, -0.25) is 0 Å². The smallest absolute Gasteiger partial charge is 0.339 e. The van der Waals surface area contributed by atoms with Crippen LogP contribution in [0.1, 0.15) is 74.4 Å². The lowest BCUT2D eigenvalue weighted by molar-refractivity contribution is -0.312. The Bertz CT molecular complexity index is 1310. The van der Waals surface area contributed by atoms with Crippen molar-refractivity contribution in [3.63, 3.8) is 0 Å². The maximum Gasteiger partial charge on any atom is 0.339 e. The minimum absolute atomic E-state index is 0.0781. The highest BCUT2D eigenvalue weighted by Gasteiger charge is 2.45. The van der Waals surface area contributed by atoms with Crippen LogP contribution in [0.4, 0.5) is 0 Å². The Morgan fingerprint density at radius 1 is 1.02 bits per heavy atom. The third-order valence-electron chi connectivity index (χ3n) is 8.61. The molecule has 2 aliphatic heterocycles. The molecular weight excluding hydrogens is 628 g/mol. The Morgan fingerprint density at radius 2 is 1.73 bits per heavy atom. The fourth-order valence-electron chi connectivity index (χ4n) is 5.66. The van der Waals surface area contributed by atoms with E-state index in [1.165, 1.54) is 11.6 Å². The van der Waals surface area contributed by atoms with Gasteiger partial charge >= 0.3 is 5.97 Å². The predicted molar refractivity (Wildman–Crippen MR) is 173 cm³/mol. The lowest BCUT2D eigenvalue weighted by Crippen LogP contribution is -2.57. The van der Waals surface area contributed by atoms with Gasteiger partial charge in [-0.25, -0.2) is 4.79 Å². The third-order valence-corrected chi connectivity index (χ3v) is 8.61. The number of unbranched alkanes of at least 4 members (excludes halogenated alkanes) is 2. The fraction of sp³-hybridized carbons (Fsp3) is 0.629. The van der Waals surface area contributed by atoms with Gasteiger partial charge in [-0.1, -0.05) is 23.3 Å². The van der Waals surface area contributed by atoms with Gasteiger partial charge in [-0.05, 0) is 70.9 Å². The van der Waals surface area contributed by atoms with E-state index in [9.17, 15) is 45.6 Å². The molecule has 3 rings (SSSR count). The van der Waals surface area contributed by atoms with E-state index in [2.05, 4.69) is 12.0 Å². The zero-order valence-electron chi connectivity index (χ0n) is 27.7. The first-order chi connectivity index (χ1) is 22.8. The van der Waals surface area contributed by atoms with Crippen molar-refractivity contribution < 1.29 is 64.6 Å². The number of rotatable bonds is 16. The largest absolute Gasteiger partial charge is 0.492 e. The number of hydrogen-bond acceptors (Lipinski definition) is 12. The van der Waals surface area contributed by atoms with Crippen molar-refractivity contribution in [3.8, 4) is 23.8 Å². The van der Waals surface area contributed by atoms with E-state index in [0.717, 1.165) is 18.4 Å². The Balaban J connectivity index is 2.15. The number of hydrogen-bond donors (Lipinski definition) is 8. The lowest BCUT2D eigenvalue weighted by atomic mass is 9.93. The van der Waals surface area contributed by atoms with Crippen molar-refractivity contribution in [1.29, 1.82) is 0 Å². The number of aliphatic hydroxyl groups is 7. The summed E-state index contributed by atoms with van der Waals surface area (Å²) in [5.41, 5.74) is 2.60. The minimum atomic E-state index is -1.83. The number of carboxylic acids is 1. The molecule has 2 aliphatic rings. The van der Waals surface area contributed by atoms with Crippen LogP contribution >= 0.6 is 0 Å². The number of aryl methyl sites for hydroxylation is 1. The van der Waals surface area contributed by atoms with Crippen LogP contribution in [0, 0.1) is 24.2 Å². The zero-order chi connectivity index (χ0) is 35.5. The Morgan fingerprint density at radius 3 is 2.38 bits per heavy atom. The first-order valence-corrected chi connectivity index (χ1v) is 16.2. The Hall–Kier alpha value is -3.03. The van der Waals surface area contributed by atoms with E-state index in [1.54, 1.807) is 0 Å². The molecule has 2 saturated heterocycles. The molecule has 1 unspecified atom stereocenters. The second-order valence-electron chi connectivity index (χ2n) is 12.6. The normalized spacial score (nSPS) is 29.2. The van der Waals surface area contributed by atoms with Gasteiger partial charge in [0.25, 0.3) is 0 Å². The number of ether oxygens (including phenoxy) is 4. The second kappa shape index (κ2) is 18.7. The highest BCUT2D eigenvalue weighted by atomic mass is 16.7. The first-order valence-electron chi connectivity index (χ1n) is 16.2. The van der Waals surface area contributed by atoms with Gasteiger partial charge in [0.1, 0.15) is 29.3 Å². The van der Waals surface area contributed by atoms with Crippen LogP contribution in [0.3, 0.4) is 0 Å². The van der Waals surface area contributed by atoms with Crippen molar-refractivity contribution in [3.05, 3.63) is 46.1 Å². The predicted octanol–water partition coefficient (Wildman–Crippen LogP) is 1.42. The van der Waals surface area contributed by atoms with Crippen molar-refractivity contribution in [2.45, 2.75) is 109 Å². The molecule has 8 N–H and O–H groups in total. The van der Waals surface area contributed by atoms with Crippen LogP contribution in [0.25, 0.3) is 0 Å². The zero-order valence-corrected chi connectivity index (χ0v) is 27.7. The molecule has 2 fully saturated rings. The molecule has 2 heterocycles. The molecule has 0 radical (unpaired) electrons. The molecule has 1 aromatic carbocycles. The van der Waals surface area contributed by atoms with E-state index in [1.807, 2.05) is 26.8 Å². The summed E-state index contributed by atoms with van der Waals surface area (Å²) in [5.74, 6) is -0.738. The van der Waals surface area contributed by atoms with E-state index < -0.39 is 67.7 Å². The quantitative estimate of drug-likeness (QED) is 0.0706. The summed E-state index contributed by atoms with van der Waals surface area (Å²) in [6.45, 7) is 4.79. The summed E-state index contributed by atoms with van der Waals surface area (Å²) in [5, 5.41) is 82.1. The molecule has 268 valence electrons. The number of allylic oxidation sites excluding steroid dienone is 4. The number of aromatic carboxylic acids is 1. The van der Waals surface area contributed by atoms with Gasteiger partial charge < -0.3 is 59.8 Å². The Labute approximate surface area is 281 Å². The van der Waals surface area contributed by atoms with Gasteiger partial charge in [0, 0.05) is 17.9 Å². The van der Waals surface area contributed by atoms with Gasteiger partial charge in [-0.2, -0.15) is 0 Å². The first kappa shape index (κ1) is 39.4. The molecule has 0 saturated carbocycles. The monoisotopic (exact) mass is 678 g/mol. The lowest BCUT2D eigenvalue weighted by Gasteiger charge is -2.40. The van der Waals surface area contributed by atoms with Crippen LogP contribution in [0.2, 0.25) is 0 Å². The number of carbonyl (C=O) groups is 1. The second-order valence-corrected chi connectivity index (χ2v) is 12.6. The summed E-state index contributed by atoms with van der Waals surface area (Å²) in [6.07, 6.45) is 1.66. The van der Waals surface area contributed by atoms with Crippen LogP contribution < -0.4 is 9.47 Å². The maximum atomic E-state index is 12.9. The summed E-state index contributed by atoms with van der Waals surface area (Å²) in [6, 6.07) is 1.52. The van der Waals surface area contributed by atoms with E-state index in [0.29, 0.717) is 24.8 Å². The molecule has 13 heteroatoms. The molecule has 0 spiro atoms. The standard InChI is InChI=1S/C35H50O13/c1-5-6-7-8-12-21-15-25(47-35-24(16-36)28(38)30(40)34(44)48-35)23(14-13-20(4)11-9-10-19(2)3)31(26(21)32(41)42)45-17-22-18-46-33(43)29(39)27(22)37/h1,10,13,15,22,24,27-30,33-40,43-44H,6-9,11-12,14,16-18H2,2-4H3,(H,41,42)/b20-13+/t22-,24+,27+,28+,29-,30-,33-,34-,35?/m0/s1. The highest BCUT2D eigenvalue weighted by Crippen LogP contribution is 2.40. The molecule has 0 bridgehead atoms. The molecule has 48 heavy (non-hydrogen) atoms. The van der Waals surface area contributed by atoms with Crippen molar-refractivity contribution >= 4 is 5.97 Å². The average Bonchev–Trinajstić information content (AvgIpc) is 3.03. The SMILES string of the molecule is C#CCCCCc1cc(OC2O[C@H](O)[C@@H](O)[C@H](O)[C@H]2CO)c(C/C=C(\C)CCC=C(C)C)c(OC[C@H]2CO[C@H](O)[C@@H](O)[C@@H]2O)c1C(=O)O. The van der Waals surface area contributed by atoms with Gasteiger partial charge in [-0.15, -0.1) is 12.3 Å². The van der Waals surface area contributed by atoms with Crippen LogP contribution in [-0.4, -0.2) is 110 Å². The summed E-state index contributed by atoms with van der Waals surface area (Å²) >= 11 is 0. The maximum absolute atomic E-state index is 12.9. The van der Waals surface area contributed by atoms with Crippen molar-refractivity contribution in [1.82, 2.24) is 0 Å². The van der Waals surface area contributed by atoms with Gasteiger partial charge in [0.05, 0.1) is 37.9 Å². The van der Waals surface area contributed by atoms with Gasteiger partial charge in [0.2, 0.25) is 6.29 Å². The number of carboxylic acid groups (broad SMARTS) is 1. The van der Waals surface area contributed by atoms with Crippen LogP contribution in [-0.2, 0) is 22.3 Å². The highest BCUT2D eigenvalue weighted by molar-refractivity contribution is 5.94. The molecule has 9 atom stereocenters. The number of benzene rings is 1. The molecule has 13 nitrogen and oxygen atoms in total. The molecule has 0 amide bonds. The number of aliphatic hydroxyl groups excluding tert-OH is 7. The Kier molecular flexibility index (Phi) is 15.3. The molecular formula is C35H50O13. The molecule has 1 aromatic rings.